The molecule has 2 saturated carbocycles. The lowest BCUT2D eigenvalue weighted by Crippen LogP contribution is -2.33. The summed E-state index contributed by atoms with van der Waals surface area (Å²) < 4.78 is 50.7. The second kappa shape index (κ2) is 16.4. The van der Waals surface area contributed by atoms with Crippen molar-refractivity contribution in [1.82, 2.24) is 0 Å². The summed E-state index contributed by atoms with van der Waals surface area (Å²) in [4.78, 5) is 26.1. The van der Waals surface area contributed by atoms with Crippen molar-refractivity contribution < 1.29 is 42.4 Å². The Balaban J connectivity index is 0.760. The average Bonchev–Trinajstić information content (AvgIpc) is 3.21. The van der Waals surface area contributed by atoms with Crippen molar-refractivity contribution in [3.05, 3.63) is 113 Å². The Morgan fingerprint density at radius 3 is 1.89 bits per heavy atom. The first kappa shape index (κ1) is 36.9. The molecule has 0 aromatic heterocycles. The minimum absolute atomic E-state index is 0.00937. The minimum Gasteiger partial charge on any atom is -0.494 e. The van der Waals surface area contributed by atoms with E-state index in [0.717, 1.165) is 59.8 Å². The summed E-state index contributed by atoms with van der Waals surface area (Å²) in [6, 6.07) is 27.3. The van der Waals surface area contributed by atoms with E-state index >= 15 is 0 Å². The molecule has 9 heteroatoms. The van der Waals surface area contributed by atoms with Crippen LogP contribution < -0.4 is 23.7 Å². The molecule has 288 valence electrons. The summed E-state index contributed by atoms with van der Waals surface area (Å²) in [5.41, 5.74) is 3.86. The van der Waals surface area contributed by atoms with Gasteiger partial charge in [-0.1, -0.05) is 49.4 Å². The number of aryl methyl sites for hydroxylation is 1. The molecule has 0 amide bonds. The topological polar surface area (TPSA) is 89.5 Å². The first-order valence-corrected chi connectivity index (χ1v) is 19.9. The fourth-order valence-corrected chi connectivity index (χ4v) is 8.72. The SMILES string of the molecule is COc1cccc(C2CCc3cc(OC4CCC(C(=O)OC(=O)C5CCC(Oc6ccc7c(c6)CC(C)C(c6ccccc6)O7)CC5)CC4)ccc3O2)c1F. The van der Waals surface area contributed by atoms with Gasteiger partial charge in [-0.05, 0) is 130 Å². The summed E-state index contributed by atoms with van der Waals surface area (Å²) in [5.74, 6) is 1.92. The van der Waals surface area contributed by atoms with E-state index in [2.05, 4.69) is 25.1 Å². The van der Waals surface area contributed by atoms with Crippen molar-refractivity contribution in [3.8, 4) is 28.7 Å². The van der Waals surface area contributed by atoms with Crippen molar-refractivity contribution in [2.24, 2.45) is 17.8 Å². The van der Waals surface area contributed by atoms with Crippen LogP contribution in [0.4, 0.5) is 4.39 Å². The molecule has 8 rings (SSSR count). The molecular weight excluding hydrogens is 699 g/mol. The van der Waals surface area contributed by atoms with Crippen LogP contribution in [0, 0.1) is 23.6 Å². The van der Waals surface area contributed by atoms with E-state index < -0.39 is 11.9 Å². The third kappa shape index (κ3) is 8.31. The number of carbonyl (C=O) groups is 2. The number of benzene rings is 4. The molecule has 4 aliphatic rings. The Morgan fingerprint density at radius 2 is 1.27 bits per heavy atom. The Hall–Kier alpha value is -5.05. The van der Waals surface area contributed by atoms with Crippen molar-refractivity contribution in [2.45, 2.75) is 102 Å². The molecule has 3 unspecified atom stereocenters. The van der Waals surface area contributed by atoms with Gasteiger partial charge >= 0.3 is 11.9 Å². The molecule has 2 aliphatic carbocycles. The van der Waals surface area contributed by atoms with Crippen LogP contribution in [-0.4, -0.2) is 31.3 Å². The fourth-order valence-electron chi connectivity index (χ4n) is 8.72. The van der Waals surface area contributed by atoms with Gasteiger partial charge in [-0.15, -0.1) is 0 Å². The number of rotatable bonds is 9. The van der Waals surface area contributed by atoms with Gasteiger partial charge in [-0.25, -0.2) is 4.39 Å². The third-order valence-electron chi connectivity index (χ3n) is 11.8. The third-order valence-corrected chi connectivity index (χ3v) is 11.8. The molecule has 0 radical (unpaired) electrons. The molecule has 0 spiro atoms. The largest absolute Gasteiger partial charge is 0.494 e. The van der Waals surface area contributed by atoms with Crippen LogP contribution in [0.2, 0.25) is 0 Å². The maximum absolute atomic E-state index is 14.9. The molecule has 0 saturated heterocycles. The molecule has 55 heavy (non-hydrogen) atoms. The van der Waals surface area contributed by atoms with Gasteiger partial charge in [0.25, 0.3) is 0 Å². The van der Waals surface area contributed by atoms with E-state index in [1.165, 1.54) is 12.7 Å². The molecule has 3 atom stereocenters. The predicted molar refractivity (Wildman–Crippen MR) is 204 cm³/mol. The number of methoxy groups -OCH3 is 1. The zero-order chi connectivity index (χ0) is 37.9. The van der Waals surface area contributed by atoms with Crippen LogP contribution in [-0.2, 0) is 27.2 Å². The standard InChI is InChI=1S/C46H49FO8/c1-28-25-33-27-37(21-24-40(33)54-44(28)29-7-4-3-5-8-29)52-35-18-13-31(14-19-35)46(49)55-45(48)30-11-16-34(17-12-30)51-36-20-23-39-32(26-36)15-22-41(53-39)38-9-6-10-42(50-2)43(38)47/h3-10,20-21,23-24,26-28,30-31,34-35,41,44H,11-19,22,25H2,1-2H3. The summed E-state index contributed by atoms with van der Waals surface area (Å²) in [7, 11) is 1.46. The van der Waals surface area contributed by atoms with Gasteiger partial charge in [-0.2, -0.15) is 0 Å². The smallest absolute Gasteiger partial charge is 0.316 e. The van der Waals surface area contributed by atoms with Gasteiger partial charge < -0.3 is 28.4 Å². The number of carbonyl (C=O) groups excluding carboxylic acids is 2. The highest BCUT2D eigenvalue weighted by Gasteiger charge is 2.35. The van der Waals surface area contributed by atoms with Crippen LogP contribution in [0.5, 0.6) is 28.7 Å². The van der Waals surface area contributed by atoms with E-state index in [0.29, 0.717) is 56.4 Å². The first-order valence-electron chi connectivity index (χ1n) is 19.9. The van der Waals surface area contributed by atoms with Crippen LogP contribution in [0.3, 0.4) is 0 Å². The van der Waals surface area contributed by atoms with Gasteiger partial charge in [0, 0.05) is 11.5 Å². The minimum atomic E-state index is -0.421. The zero-order valence-corrected chi connectivity index (χ0v) is 31.5. The van der Waals surface area contributed by atoms with Crippen molar-refractivity contribution >= 4 is 11.9 Å². The van der Waals surface area contributed by atoms with Crippen molar-refractivity contribution in [2.75, 3.05) is 7.11 Å². The van der Waals surface area contributed by atoms with Crippen LogP contribution >= 0.6 is 0 Å². The Kier molecular flexibility index (Phi) is 11.0. The van der Waals surface area contributed by atoms with E-state index in [9.17, 15) is 14.0 Å². The van der Waals surface area contributed by atoms with Crippen LogP contribution in [0.25, 0.3) is 0 Å². The molecule has 0 N–H and O–H groups in total. The molecule has 0 bridgehead atoms. The second-order valence-corrected chi connectivity index (χ2v) is 15.6. The molecule has 2 fully saturated rings. The lowest BCUT2D eigenvalue weighted by Gasteiger charge is -2.33. The van der Waals surface area contributed by atoms with Gasteiger partial charge in [0.15, 0.2) is 11.6 Å². The lowest BCUT2D eigenvalue weighted by atomic mass is 9.86. The number of hydrogen-bond donors (Lipinski definition) is 0. The molecule has 8 nitrogen and oxygen atoms in total. The summed E-state index contributed by atoms with van der Waals surface area (Å²) >= 11 is 0. The maximum atomic E-state index is 14.9. The van der Waals surface area contributed by atoms with Crippen LogP contribution in [0.15, 0.2) is 84.9 Å². The molecular formula is C46H49FO8. The highest BCUT2D eigenvalue weighted by atomic mass is 19.1. The van der Waals surface area contributed by atoms with Crippen molar-refractivity contribution in [1.29, 1.82) is 0 Å². The number of halogens is 1. The number of esters is 2. The summed E-state index contributed by atoms with van der Waals surface area (Å²) in [5, 5.41) is 0. The second-order valence-electron chi connectivity index (χ2n) is 15.6. The highest BCUT2D eigenvalue weighted by Crippen LogP contribution is 2.42. The Bertz CT molecular complexity index is 1980. The van der Waals surface area contributed by atoms with Gasteiger partial charge in [0.05, 0.1) is 31.2 Å². The number of fused-ring (bicyclic) bond motifs is 2. The Labute approximate surface area is 322 Å². The fraction of sp³-hybridized carbons (Fsp3) is 0.435. The maximum Gasteiger partial charge on any atom is 0.316 e. The number of ether oxygens (including phenoxy) is 6. The molecule has 4 aromatic carbocycles. The predicted octanol–water partition coefficient (Wildman–Crippen LogP) is 9.86. The number of hydrogen-bond acceptors (Lipinski definition) is 8. The zero-order valence-electron chi connectivity index (χ0n) is 31.5. The van der Waals surface area contributed by atoms with Crippen molar-refractivity contribution in [3.63, 3.8) is 0 Å². The summed E-state index contributed by atoms with van der Waals surface area (Å²) in [6.07, 6.45) is 7.23. The van der Waals surface area contributed by atoms with E-state index in [1.807, 2.05) is 48.5 Å². The first-order chi connectivity index (χ1) is 26.8. The van der Waals surface area contributed by atoms with E-state index in [-0.39, 0.29) is 47.8 Å². The van der Waals surface area contributed by atoms with Gasteiger partial charge in [0.1, 0.15) is 35.2 Å². The highest BCUT2D eigenvalue weighted by molar-refractivity contribution is 5.88. The quantitative estimate of drug-likeness (QED) is 0.124. The monoisotopic (exact) mass is 748 g/mol. The normalized spacial score (nSPS) is 25.9. The van der Waals surface area contributed by atoms with Crippen LogP contribution in [0.1, 0.15) is 99.2 Å². The van der Waals surface area contributed by atoms with Gasteiger partial charge in [0.2, 0.25) is 0 Å². The van der Waals surface area contributed by atoms with E-state index in [4.69, 9.17) is 28.4 Å². The van der Waals surface area contributed by atoms with E-state index in [1.54, 1.807) is 18.2 Å². The molecule has 2 heterocycles. The average molecular weight is 749 g/mol. The lowest BCUT2D eigenvalue weighted by molar-refractivity contribution is -0.167. The molecule has 4 aromatic rings. The Morgan fingerprint density at radius 1 is 0.673 bits per heavy atom. The summed E-state index contributed by atoms with van der Waals surface area (Å²) in [6.45, 7) is 2.22. The van der Waals surface area contributed by atoms with Gasteiger partial charge in [-0.3, -0.25) is 9.59 Å². The molecule has 2 aliphatic heterocycles.